The minimum Gasteiger partial charge on any atom is -0.310 e. The molecule has 0 saturated carbocycles. The second kappa shape index (κ2) is 8.14. The second-order valence-electron chi connectivity index (χ2n) is 7.57. The van der Waals surface area contributed by atoms with E-state index in [1.165, 1.54) is 23.1 Å². The van der Waals surface area contributed by atoms with Crippen molar-refractivity contribution in [3.8, 4) is 0 Å². The number of nitrogens with zero attached hydrogens (tertiary/aromatic N) is 2. The van der Waals surface area contributed by atoms with E-state index in [9.17, 15) is 26.8 Å². The third-order valence-electron chi connectivity index (χ3n) is 4.97. The number of hydrogen-bond donors (Lipinski definition) is 0. The molecular formula is C21H22F2N2O4S. The van der Waals surface area contributed by atoms with Crippen molar-refractivity contribution in [2.75, 3.05) is 22.6 Å². The molecule has 3 rings (SSSR count). The number of carbonyl (C=O) groups excluding carboxylic acids is 2. The highest BCUT2D eigenvalue weighted by Crippen LogP contribution is 2.31. The maximum Gasteiger partial charge on any atom is 0.232 e. The van der Waals surface area contributed by atoms with Crippen LogP contribution in [0.15, 0.2) is 47.4 Å². The largest absolute Gasteiger partial charge is 0.310 e. The van der Waals surface area contributed by atoms with E-state index in [1.54, 1.807) is 26.0 Å². The second-order valence-corrected chi connectivity index (χ2v) is 9.58. The standard InChI is InChI=1S/C21H22F2N2O4S/c1-13(2)25(16-5-7-17(8-6-16)30(3,28)29)21(27)14-10-20(26)24(12-14)19-9-4-15(22)11-18(19)23/h4-9,11,13-14H,10,12H2,1-3H3. The van der Waals surface area contributed by atoms with Gasteiger partial charge in [-0.3, -0.25) is 9.59 Å². The summed E-state index contributed by atoms with van der Waals surface area (Å²) in [4.78, 5) is 28.4. The molecule has 2 aromatic carbocycles. The smallest absolute Gasteiger partial charge is 0.232 e. The lowest BCUT2D eigenvalue weighted by Gasteiger charge is -2.29. The van der Waals surface area contributed by atoms with Crippen LogP contribution in [-0.4, -0.2) is 39.1 Å². The SMILES string of the molecule is CC(C)N(C(=O)C1CC(=O)N(c2ccc(F)cc2F)C1)c1ccc(S(C)(=O)=O)cc1. The summed E-state index contributed by atoms with van der Waals surface area (Å²) in [5.41, 5.74) is 0.437. The average molecular weight is 436 g/mol. The van der Waals surface area contributed by atoms with Gasteiger partial charge in [-0.15, -0.1) is 0 Å². The van der Waals surface area contributed by atoms with Crippen molar-refractivity contribution in [1.82, 2.24) is 0 Å². The van der Waals surface area contributed by atoms with Crippen molar-refractivity contribution in [1.29, 1.82) is 0 Å². The van der Waals surface area contributed by atoms with E-state index in [4.69, 9.17) is 0 Å². The van der Waals surface area contributed by atoms with E-state index in [2.05, 4.69) is 0 Å². The molecule has 1 aliphatic heterocycles. The molecule has 1 heterocycles. The van der Waals surface area contributed by atoms with Gasteiger partial charge >= 0.3 is 0 Å². The quantitative estimate of drug-likeness (QED) is 0.722. The van der Waals surface area contributed by atoms with Crippen LogP contribution in [0.4, 0.5) is 20.2 Å². The predicted molar refractivity (Wildman–Crippen MR) is 109 cm³/mol. The number of benzene rings is 2. The van der Waals surface area contributed by atoms with Gasteiger partial charge in [-0.2, -0.15) is 0 Å². The monoisotopic (exact) mass is 436 g/mol. The first-order valence-electron chi connectivity index (χ1n) is 9.37. The minimum atomic E-state index is -3.37. The van der Waals surface area contributed by atoms with Gasteiger partial charge in [0.1, 0.15) is 11.6 Å². The van der Waals surface area contributed by atoms with Crippen LogP contribution in [0.5, 0.6) is 0 Å². The molecule has 6 nitrogen and oxygen atoms in total. The van der Waals surface area contributed by atoms with Gasteiger partial charge in [0.25, 0.3) is 0 Å². The molecule has 2 amide bonds. The van der Waals surface area contributed by atoms with Gasteiger partial charge in [-0.1, -0.05) is 0 Å². The van der Waals surface area contributed by atoms with Gasteiger partial charge < -0.3 is 9.80 Å². The maximum absolute atomic E-state index is 14.1. The van der Waals surface area contributed by atoms with Crippen LogP contribution in [0.2, 0.25) is 0 Å². The Bertz CT molecular complexity index is 1080. The van der Waals surface area contributed by atoms with E-state index in [0.29, 0.717) is 11.8 Å². The minimum absolute atomic E-state index is 0.0230. The molecule has 0 aliphatic carbocycles. The van der Waals surface area contributed by atoms with Gasteiger partial charge in [-0.25, -0.2) is 17.2 Å². The number of halogens is 2. The van der Waals surface area contributed by atoms with Crippen LogP contribution in [0.1, 0.15) is 20.3 Å². The van der Waals surface area contributed by atoms with E-state index in [1.807, 2.05) is 0 Å². The zero-order chi connectivity index (χ0) is 22.2. The maximum atomic E-state index is 14.1. The number of amides is 2. The number of rotatable bonds is 5. The fourth-order valence-corrected chi connectivity index (χ4v) is 4.17. The Labute approximate surface area is 174 Å². The summed E-state index contributed by atoms with van der Waals surface area (Å²) in [5, 5.41) is 0. The lowest BCUT2D eigenvalue weighted by Crippen LogP contribution is -2.42. The Morgan fingerprint density at radius 2 is 1.77 bits per heavy atom. The summed E-state index contributed by atoms with van der Waals surface area (Å²) >= 11 is 0. The third kappa shape index (κ3) is 4.35. The fourth-order valence-electron chi connectivity index (χ4n) is 3.54. The van der Waals surface area contributed by atoms with Crippen molar-refractivity contribution in [3.63, 3.8) is 0 Å². The van der Waals surface area contributed by atoms with E-state index < -0.39 is 33.3 Å². The van der Waals surface area contributed by atoms with Gasteiger partial charge in [0.05, 0.1) is 16.5 Å². The van der Waals surface area contributed by atoms with Gasteiger partial charge in [0.2, 0.25) is 11.8 Å². The molecule has 1 aliphatic rings. The summed E-state index contributed by atoms with van der Waals surface area (Å²) in [5.74, 6) is -3.07. The van der Waals surface area contributed by atoms with Crippen LogP contribution in [0.25, 0.3) is 0 Å². The Morgan fingerprint density at radius 3 is 2.30 bits per heavy atom. The molecule has 0 N–H and O–H groups in total. The first kappa shape index (κ1) is 21.9. The van der Waals surface area contributed by atoms with Gasteiger partial charge in [0, 0.05) is 37.0 Å². The van der Waals surface area contributed by atoms with Gasteiger partial charge in [0.15, 0.2) is 9.84 Å². The van der Waals surface area contributed by atoms with Crippen molar-refractivity contribution in [2.45, 2.75) is 31.2 Å². The Kier molecular flexibility index (Phi) is 5.94. The summed E-state index contributed by atoms with van der Waals surface area (Å²) in [7, 11) is -3.37. The molecule has 160 valence electrons. The topological polar surface area (TPSA) is 74.8 Å². The van der Waals surface area contributed by atoms with E-state index in [0.717, 1.165) is 17.2 Å². The summed E-state index contributed by atoms with van der Waals surface area (Å²) < 4.78 is 50.6. The van der Waals surface area contributed by atoms with Crippen molar-refractivity contribution >= 4 is 33.0 Å². The molecule has 0 radical (unpaired) electrons. The lowest BCUT2D eigenvalue weighted by atomic mass is 10.1. The molecule has 1 atom stereocenters. The zero-order valence-corrected chi connectivity index (χ0v) is 17.6. The molecule has 9 heteroatoms. The van der Waals surface area contributed by atoms with Crippen LogP contribution in [-0.2, 0) is 19.4 Å². The highest BCUT2D eigenvalue weighted by atomic mass is 32.2. The van der Waals surface area contributed by atoms with Crippen LogP contribution in [0, 0.1) is 17.6 Å². The van der Waals surface area contributed by atoms with E-state index >= 15 is 0 Å². The van der Waals surface area contributed by atoms with Crippen molar-refractivity contribution in [3.05, 3.63) is 54.1 Å². The number of hydrogen-bond acceptors (Lipinski definition) is 4. The number of carbonyl (C=O) groups is 2. The van der Waals surface area contributed by atoms with Crippen LogP contribution < -0.4 is 9.80 Å². The third-order valence-corrected chi connectivity index (χ3v) is 6.10. The molecule has 2 aromatic rings. The summed E-state index contributed by atoms with van der Waals surface area (Å²) in [6.45, 7) is 3.58. The van der Waals surface area contributed by atoms with Crippen molar-refractivity contribution in [2.24, 2.45) is 5.92 Å². The first-order valence-corrected chi connectivity index (χ1v) is 11.3. The molecule has 0 bridgehead atoms. The molecule has 0 aromatic heterocycles. The highest BCUT2D eigenvalue weighted by molar-refractivity contribution is 7.90. The Hall–Kier alpha value is -2.81. The average Bonchev–Trinajstić information content (AvgIpc) is 3.03. The predicted octanol–water partition coefficient (Wildman–Crippen LogP) is 3.16. The molecular weight excluding hydrogens is 414 g/mol. The summed E-state index contributed by atoms with van der Waals surface area (Å²) in [6.07, 6.45) is 1.00. The fraction of sp³-hybridized carbons (Fsp3) is 0.333. The normalized spacial score (nSPS) is 16.9. The Balaban J connectivity index is 1.85. The van der Waals surface area contributed by atoms with Gasteiger partial charge in [-0.05, 0) is 50.2 Å². The highest BCUT2D eigenvalue weighted by Gasteiger charge is 2.39. The first-order chi connectivity index (χ1) is 14.0. The van der Waals surface area contributed by atoms with Crippen LogP contribution in [0.3, 0.4) is 0 Å². The van der Waals surface area contributed by atoms with Crippen molar-refractivity contribution < 1.29 is 26.8 Å². The molecule has 30 heavy (non-hydrogen) atoms. The zero-order valence-electron chi connectivity index (χ0n) is 16.8. The van der Waals surface area contributed by atoms with Crippen LogP contribution >= 0.6 is 0 Å². The molecule has 1 saturated heterocycles. The summed E-state index contributed by atoms with van der Waals surface area (Å²) in [6, 6.07) is 8.62. The molecule has 1 unspecified atom stereocenters. The van der Waals surface area contributed by atoms with E-state index in [-0.39, 0.29) is 35.5 Å². The molecule has 1 fully saturated rings. The number of anilines is 2. The number of sulfone groups is 1. The molecule has 0 spiro atoms. The lowest BCUT2D eigenvalue weighted by molar-refractivity contribution is -0.124. The Morgan fingerprint density at radius 1 is 1.13 bits per heavy atom.